The van der Waals surface area contributed by atoms with Gasteiger partial charge in [-0.2, -0.15) is 0 Å². The Balaban J connectivity index is 1.73. The van der Waals surface area contributed by atoms with Gasteiger partial charge in [0.05, 0.1) is 5.39 Å². The van der Waals surface area contributed by atoms with Gasteiger partial charge in [0.2, 0.25) is 11.2 Å². The van der Waals surface area contributed by atoms with Crippen LogP contribution in [0.1, 0.15) is 23.8 Å². The molecule has 5 heteroatoms. The smallest absolute Gasteiger partial charge is 0.235 e. The minimum atomic E-state index is -0.546. The summed E-state index contributed by atoms with van der Waals surface area (Å²) in [6.45, 7) is 4.02. The van der Waals surface area contributed by atoms with E-state index in [4.69, 9.17) is 13.9 Å². The average Bonchev–Trinajstić information content (AvgIpc) is 2.76. The van der Waals surface area contributed by atoms with Crippen LogP contribution in [0.4, 0.5) is 4.39 Å². The molecule has 4 nitrogen and oxygen atoms in total. The summed E-state index contributed by atoms with van der Waals surface area (Å²) in [5.74, 6) is 0.349. The third kappa shape index (κ3) is 3.92. The van der Waals surface area contributed by atoms with Crippen molar-refractivity contribution in [2.75, 3.05) is 0 Å². The third-order valence-electron chi connectivity index (χ3n) is 4.86. The molecule has 4 rings (SSSR count). The highest BCUT2D eigenvalue weighted by Crippen LogP contribution is 2.31. The summed E-state index contributed by atoms with van der Waals surface area (Å²) in [5, 5.41) is 0.371. The standard InChI is InChI=1S/C25H21FO4/c1-3-18-13-19-23(14-22(18)28-15-17-9-5-4-6-10-17)29-16(2)25(24(19)27)30-21-12-8-7-11-20(21)26/h4-14H,3,15H2,1-2H3. The van der Waals surface area contributed by atoms with E-state index in [-0.39, 0.29) is 22.7 Å². The molecule has 0 aliphatic heterocycles. The SMILES string of the molecule is CCc1cc2c(=O)c(Oc3ccccc3F)c(C)oc2cc1OCc1ccccc1. The Morgan fingerprint density at radius 2 is 1.70 bits per heavy atom. The molecule has 30 heavy (non-hydrogen) atoms. The van der Waals surface area contributed by atoms with Crippen LogP contribution in [0.25, 0.3) is 11.0 Å². The van der Waals surface area contributed by atoms with Crippen LogP contribution in [0.5, 0.6) is 17.2 Å². The van der Waals surface area contributed by atoms with Gasteiger partial charge in [-0.3, -0.25) is 4.79 Å². The maximum Gasteiger partial charge on any atom is 0.235 e. The Labute approximate surface area is 173 Å². The number of ether oxygens (including phenoxy) is 2. The molecule has 0 aliphatic carbocycles. The van der Waals surface area contributed by atoms with Crippen molar-refractivity contribution in [3.8, 4) is 17.2 Å². The molecule has 0 bridgehead atoms. The van der Waals surface area contributed by atoms with Crippen molar-refractivity contribution in [1.82, 2.24) is 0 Å². The maximum atomic E-state index is 14.0. The number of benzene rings is 3. The average molecular weight is 404 g/mol. The predicted octanol–water partition coefficient (Wildman–Crippen LogP) is 6.17. The lowest BCUT2D eigenvalue weighted by Gasteiger charge is -2.13. The highest BCUT2D eigenvalue weighted by Gasteiger charge is 2.17. The molecule has 0 aliphatic rings. The van der Waals surface area contributed by atoms with Gasteiger partial charge < -0.3 is 13.9 Å². The normalized spacial score (nSPS) is 10.9. The number of hydrogen-bond donors (Lipinski definition) is 0. The van der Waals surface area contributed by atoms with E-state index in [1.807, 2.05) is 37.3 Å². The summed E-state index contributed by atoms with van der Waals surface area (Å²) in [6, 6.07) is 19.3. The summed E-state index contributed by atoms with van der Waals surface area (Å²) in [7, 11) is 0. The summed E-state index contributed by atoms with van der Waals surface area (Å²) in [5.41, 5.74) is 1.98. The molecular weight excluding hydrogens is 383 g/mol. The van der Waals surface area contributed by atoms with E-state index in [0.29, 0.717) is 29.7 Å². The number of halogens is 1. The van der Waals surface area contributed by atoms with Gasteiger partial charge in [0.1, 0.15) is 23.7 Å². The van der Waals surface area contributed by atoms with Gasteiger partial charge in [-0.1, -0.05) is 49.4 Å². The number of aryl methyl sites for hydroxylation is 2. The van der Waals surface area contributed by atoms with Crippen LogP contribution in [0.3, 0.4) is 0 Å². The largest absolute Gasteiger partial charge is 0.488 e. The molecule has 0 saturated carbocycles. The van der Waals surface area contributed by atoms with Crippen molar-refractivity contribution in [2.24, 2.45) is 0 Å². The lowest BCUT2D eigenvalue weighted by Crippen LogP contribution is -2.09. The van der Waals surface area contributed by atoms with Crippen molar-refractivity contribution >= 4 is 11.0 Å². The van der Waals surface area contributed by atoms with E-state index in [0.717, 1.165) is 11.1 Å². The van der Waals surface area contributed by atoms with Gasteiger partial charge in [-0.05, 0) is 42.7 Å². The fourth-order valence-electron chi connectivity index (χ4n) is 3.26. The zero-order valence-corrected chi connectivity index (χ0v) is 16.8. The monoisotopic (exact) mass is 404 g/mol. The van der Waals surface area contributed by atoms with Gasteiger partial charge in [0.25, 0.3) is 0 Å². The second kappa shape index (κ2) is 8.41. The minimum absolute atomic E-state index is 0.0207. The van der Waals surface area contributed by atoms with Crippen LogP contribution >= 0.6 is 0 Å². The van der Waals surface area contributed by atoms with Crippen molar-refractivity contribution in [3.63, 3.8) is 0 Å². The number of hydrogen-bond acceptors (Lipinski definition) is 4. The molecule has 0 amide bonds. The predicted molar refractivity (Wildman–Crippen MR) is 114 cm³/mol. The number of fused-ring (bicyclic) bond motifs is 1. The number of rotatable bonds is 6. The van der Waals surface area contributed by atoms with Gasteiger partial charge in [-0.25, -0.2) is 4.39 Å². The molecule has 0 saturated heterocycles. The van der Waals surface area contributed by atoms with E-state index in [1.165, 1.54) is 12.1 Å². The lowest BCUT2D eigenvalue weighted by molar-refractivity contribution is 0.303. The first-order valence-electron chi connectivity index (χ1n) is 9.76. The Morgan fingerprint density at radius 3 is 2.43 bits per heavy atom. The number of para-hydroxylation sites is 1. The molecule has 0 radical (unpaired) electrons. The van der Waals surface area contributed by atoms with Gasteiger partial charge >= 0.3 is 0 Å². The van der Waals surface area contributed by atoms with Crippen molar-refractivity contribution in [2.45, 2.75) is 26.9 Å². The molecule has 0 atom stereocenters. The zero-order chi connectivity index (χ0) is 21.1. The zero-order valence-electron chi connectivity index (χ0n) is 16.8. The van der Waals surface area contributed by atoms with Crippen LogP contribution < -0.4 is 14.9 Å². The molecular formula is C25H21FO4. The summed E-state index contributed by atoms with van der Waals surface area (Å²) >= 11 is 0. The second-order valence-electron chi connectivity index (χ2n) is 6.93. The van der Waals surface area contributed by atoms with Crippen molar-refractivity contribution < 1.29 is 18.3 Å². The van der Waals surface area contributed by atoms with E-state index >= 15 is 0 Å². The summed E-state index contributed by atoms with van der Waals surface area (Å²) in [6.07, 6.45) is 0.677. The molecule has 3 aromatic carbocycles. The van der Waals surface area contributed by atoms with Crippen LogP contribution in [0.2, 0.25) is 0 Å². The van der Waals surface area contributed by atoms with Crippen LogP contribution in [0.15, 0.2) is 75.9 Å². The Morgan fingerprint density at radius 1 is 0.967 bits per heavy atom. The van der Waals surface area contributed by atoms with E-state index in [2.05, 4.69) is 0 Å². The highest BCUT2D eigenvalue weighted by atomic mass is 19.1. The first kappa shape index (κ1) is 19.7. The van der Waals surface area contributed by atoms with Gasteiger partial charge in [0.15, 0.2) is 11.6 Å². The molecule has 0 fully saturated rings. The first-order valence-corrected chi connectivity index (χ1v) is 9.76. The fourth-order valence-corrected chi connectivity index (χ4v) is 3.26. The van der Waals surface area contributed by atoms with E-state index < -0.39 is 5.82 Å². The maximum absolute atomic E-state index is 14.0. The van der Waals surface area contributed by atoms with E-state index in [1.54, 1.807) is 31.2 Å². The Kier molecular flexibility index (Phi) is 5.53. The van der Waals surface area contributed by atoms with Gasteiger partial charge in [-0.15, -0.1) is 0 Å². The molecule has 1 heterocycles. The molecule has 4 aromatic rings. The van der Waals surface area contributed by atoms with Crippen molar-refractivity contribution in [1.29, 1.82) is 0 Å². The quantitative estimate of drug-likeness (QED) is 0.385. The second-order valence-corrected chi connectivity index (χ2v) is 6.93. The van der Waals surface area contributed by atoms with Crippen LogP contribution in [-0.2, 0) is 13.0 Å². The van der Waals surface area contributed by atoms with Crippen LogP contribution in [-0.4, -0.2) is 0 Å². The first-order chi connectivity index (χ1) is 14.6. The fraction of sp³-hybridized carbons (Fsp3) is 0.160. The minimum Gasteiger partial charge on any atom is -0.488 e. The Bertz CT molecular complexity index is 1250. The third-order valence-corrected chi connectivity index (χ3v) is 4.86. The van der Waals surface area contributed by atoms with E-state index in [9.17, 15) is 9.18 Å². The Hall–Kier alpha value is -3.60. The van der Waals surface area contributed by atoms with Crippen molar-refractivity contribution in [3.05, 3.63) is 99.7 Å². The summed E-state index contributed by atoms with van der Waals surface area (Å²) in [4.78, 5) is 13.1. The van der Waals surface area contributed by atoms with Crippen LogP contribution in [0, 0.1) is 12.7 Å². The lowest BCUT2D eigenvalue weighted by atomic mass is 10.1. The summed E-state index contributed by atoms with van der Waals surface area (Å²) < 4.78 is 31.4. The highest BCUT2D eigenvalue weighted by molar-refractivity contribution is 5.81. The molecule has 0 unspecified atom stereocenters. The molecule has 1 aromatic heterocycles. The van der Waals surface area contributed by atoms with Gasteiger partial charge in [0, 0.05) is 6.07 Å². The molecule has 152 valence electrons. The molecule has 0 N–H and O–H groups in total. The molecule has 0 spiro atoms. The topological polar surface area (TPSA) is 48.7 Å².